The maximum absolute atomic E-state index is 12.1. The summed E-state index contributed by atoms with van der Waals surface area (Å²) in [5.74, 6) is 2.03. The Labute approximate surface area is 143 Å². The molecule has 1 aromatic rings. The summed E-state index contributed by atoms with van der Waals surface area (Å²) in [6.45, 7) is 5.06. The monoisotopic (exact) mass is 337 g/mol. The number of nitrogens with zero attached hydrogens (tertiary/aromatic N) is 1. The van der Waals surface area contributed by atoms with Gasteiger partial charge in [0.05, 0.1) is 0 Å². The first-order valence-corrected chi connectivity index (χ1v) is 10.0. The fourth-order valence-electron chi connectivity index (χ4n) is 2.32. The minimum absolute atomic E-state index is 0.405. The summed E-state index contributed by atoms with van der Waals surface area (Å²) in [6, 6.07) is 10.4. The summed E-state index contributed by atoms with van der Waals surface area (Å²) < 4.78 is 12.1. The summed E-state index contributed by atoms with van der Waals surface area (Å²) in [6.07, 6.45) is 4.90. The highest BCUT2D eigenvalue weighted by Gasteiger charge is 2.06. The van der Waals surface area contributed by atoms with Gasteiger partial charge in [0, 0.05) is 41.9 Å². The smallest absolute Gasteiger partial charge is 0.191 e. The maximum Gasteiger partial charge on any atom is 0.191 e. The molecule has 130 valence electrons. The Morgan fingerprint density at radius 3 is 2.65 bits per heavy atom. The first-order chi connectivity index (χ1) is 11.2. The van der Waals surface area contributed by atoms with Gasteiger partial charge in [0.2, 0.25) is 0 Å². The second kappa shape index (κ2) is 12.1. The molecule has 0 aliphatic heterocycles. The highest BCUT2D eigenvalue weighted by molar-refractivity contribution is 7.84. The molecule has 0 saturated heterocycles. The summed E-state index contributed by atoms with van der Waals surface area (Å²) in [5, 5.41) is 6.64. The fraction of sp³-hybridized carbons (Fsp3) is 0.611. The Hall–Kier alpha value is -1.36. The molecule has 0 spiro atoms. The van der Waals surface area contributed by atoms with Gasteiger partial charge in [-0.3, -0.25) is 9.20 Å². The van der Waals surface area contributed by atoms with Crippen LogP contribution >= 0.6 is 0 Å². The van der Waals surface area contributed by atoms with Crippen molar-refractivity contribution in [3.63, 3.8) is 0 Å². The maximum atomic E-state index is 12.1. The molecule has 5 heteroatoms. The van der Waals surface area contributed by atoms with Gasteiger partial charge in [-0.25, -0.2) is 0 Å². The number of aliphatic imine (C=N–C) groups is 1. The van der Waals surface area contributed by atoms with Crippen LogP contribution in [-0.4, -0.2) is 35.6 Å². The highest BCUT2D eigenvalue weighted by Crippen LogP contribution is 2.03. The standard InChI is InChI=1S/C18H31N3OS/c1-4-5-7-10-16(2)21-18(19-3)20-13-14-23(22)15-17-11-8-6-9-12-17/h6,8-9,11-12,16H,4-5,7,10,13-15H2,1-3H3,(H2,19,20,21). The molecule has 0 radical (unpaired) electrons. The number of unbranched alkanes of at least 4 members (excludes halogenated alkanes) is 2. The molecule has 0 bridgehead atoms. The lowest BCUT2D eigenvalue weighted by Gasteiger charge is -2.17. The molecule has 2 N–H and O–H groups in total. The second-order valence-corrected chi connectivity index (χ2v) is 7.39. The van der Waals surface area contributed by atoms with E-state index in [4.69, 9.17) is 0 Å². The third-order valence-corrected chi connectivity index (χ3v) is 4.95. The van der Waals surface area contributed by atoms with E-state index >= 15 is 0 Å². The second-order valence-electron chi connectivity index (χ2n) is 5.81. The zero-order chi connectivity index (χ0) is 16.9. The fourth-order valence-corrected chi connectivity index (χ4v) is 3.35. The Balaban J connectivity index is 2.22. The minimum atomic E-state index is -0.853. The molecule has 0 fully saturated rings. The van der Waals surface area contributed by atoms with E-state index in [1.54, 1.807) is 7.05 Å². The van der Waals surface area contributed by atoms with Crippen LogP contribution in [0.25, 0.3) is 0 Å². The molecular formula is C18H31N3OS. The number of nitrogens with one attached hydrogen (secondary N) is 2. The van der Waals surface area contributed by atoms with Gasteiger partial charge in [0.15, 0.2) is 5.96 Å². The number of benzene rings is 1. The van der Waals surface area contributed by atoms with Crippen LogP contribution in [0.2, 0.25) is 0 Å². The van der Waals surface area contributed by atoms with Gasteiger partial charge in [-0.1, -0.05) is 56.5 Å². The van der Waals surface area contributed by atoms with Crippen molar-refractivity contribution in [2.45, 2.75) is 51.3 Å². The Kier molecular flexibility index (Phi) is 10.4. The van der Waals surface area contributed by atoms with Gasteiger partial charge < -0.3 is 10.6 Å². The Morgan fingerprint density at radius 1 is 1.26 bits per heavy atom. The molecule has 0 saturated carbocycles. The number of rotatable bonds is 10. The third kappa shape index (κ3) is 9.39. The van der Waals surface area contributed by atoms with E-state index in [0.717, 1.165) is 17.9 Å². The largest absolute Gasteiger partial charge is 0.355 e. The van der Waals surface area contributed by atoms with Gasteiger partial charge in [-0.05, 0) is 18.9 Å². The molecule has 0 aromatic heterocycles. The van der Waals surface area contributed by atoms with Crippen LogP contribution in [0.5, 0.6) is 0 Å². The minimum Gasteiger partial charge on any atom is -0.355 e. The quantitative estimate of drug-likeness (QED) is 0.392. The molecule has 0 heterocycles. The summed E-state index contributed by atoms with van der Waals surface area (Å²) >= 11 is 0. The lowest BCUT2D eigenvalue weighted by atomic mass is 10.1. The lowest BCUT2D eigenvalue weighted by molar-refractivity contribution is 0.547. The summed E-state index contributed by atoms with van der Waals surface area (Å²) in [4.78, 5) is 4.23. The van der Waals surface area contributed by atoms with Crippen molar-refractivity contribution in [1.82, 2.24) is 10.6 Å². The summed E-state index contributed by atoms with van der Waals surface area (Å²) in [5.41, 5.74) is 1.12. The van der Waals surface area contributed by atoms with Crippen LogP contribution in [0, 0.1) is 0 Å². The van der Waals surface area contributed by atoms with Crippen LogP contribution < -0.4 is 10.6 Å². The number of hydrogen-bond donors (Lipinski definition) is 2. The molecule has 0 aliphatic rings. The van der Waals surface area contributed by atoms with Gasteiger partial charge >= 0.3 is 0 Å². The van der Waals surface area contributed by atoms with E-state index in [1.165, 1.54) is 19.3 Å². The zero-order valence-corrected chi connectivity index (χ0v) is 15.5. The van der Waals surface area contributed by atoms with Crippen molar-refractivity contribution < 1.29 is 4.21 Å². The van der Waals surface area contributed by atoms with Crippen molar-refractivity contribution in [3.05, 3.63) is 35.9 Å². The van der Waals surface area contributed by atoms with Crippen molar-refractivity contribution in [2.75, 3.05) is 19.3 Å². The van der Waals surface area contributed by atoms with Crippen LogP contribution in [0.1, 0.15) is 45.1 Å². The van der Waals surface area contributed by atoms with E-state index in [9.17, 15) is 4.21 Å². The molecule has 0 aliphatic carbocycles. The van der Waals surface area contributed by atoms with Crippen molar-refractivity contribution in [2.24, 2.45) is 4.99 Å². The number of guanidine groups is 1. The van der Waals surface area contributed by atoms with Gasteiger partial charge in [0.1, 0.15) is 0 Å². The predicted octanol–water partition coefficient (Wildman–Crippen LogP) is 3.07. The first kappa shape index (κ1) is 19.7. The van der Waals surface area contributed by atoms with Gasteiger partial charge in [-0.2, -0.15) is 0 Å². The van der Waals surface area contributed by atoms with E-state index in [2.05, 4.69) is 29.5 Å². The molecule has 23 heavy (non-hydrogen) atoms. The van der Waals surface area contributed by atoms with Crippen LogP contribution in [-0.2, 0) is 16.6 Å². The molecule has 1 rings (SSSR count). The van der Waals surface area contributed by atoms with Crippen molar-refractivity contribution in [1.29, 1.82) is 0 Å². The Bertz CT molecular complexity index is 476. The first-order valence-electron chi connectivity index (χ1n) is 8.51. The normalized spacial score (nSPS) is 14.3. The van der Waals surface area contributed by atoms with Crippen LogP contribution in [0.4, 0.5) is 0 Å². The van der Waals surface area contributed by atoms with Gasteiger partial charge in [0.25, 0.3) is 0 Å². The van der Waals surface area contributed by atoms with E-state index in [0.29, 0.717) is 24.1 Å². The van der Waals surface area contributed by atoms with Crippen LogP contribution in [0.15, 0.2) is 35.3 Å². The zero-order valence-electron chi connectivity index (χ0n) is 14.7. The van der Waals surface area contributed by atoms with Crippen molar-refractivity contribution in [3.8, 4) is 0 Å². The molecule has 2 atom stereocenters. The lowest BCUT2D eigenvalue weighted by Crippen LogP contribution is -2.43. The molecule has 2 unspecified atom stereocenters. The molecule has 4 nitrogen and oxygen atoms in total. The third-order valence-electron chi connectivity index (χ3n) is 3.64. The van der Waals surface area contributed by atoms with E-state index in [1.807, 2.05) is 30.3 Å². The van der Waals surface area contributed by atoms with E-state index in [-0.39, 0.29) is 0 Å². The SMILES string of the molecule is CCCCCC(C)NC(=NC)NCCS(=O)Cc1ccccc1. The van der Waals surface area contributed by atoms with E-state index < -0.39 is 10.8 Å². The molecular weight excluding hydrogens is 306 g/mol. The topological polar surface area (TPSA) is 53.5 Å². The van der Waals surface area contributed by atoms with Gasteiger partial charge in [-0.15, -0.1) is 0 Å². The molecule has 0 amide bonds. The van der Waals surface area contributed by atoms with Crippen LogP contribution in [0.3, 0.4) is 0 Å². The predicted molar refractivity (Wildman–Crippen MR) is 101 cm³/mol. The van der Waals surface area contributed by atoms with Crippen molar-refractivity contribution >= 4 is 16.8 Å². The average Bonchev–Trinajstić information content (AvgIpc) is 2.55. The molecule has 1 aromatic carbocycles. The average molecular weight is 338 g/mol. The number of hydrogen-bond acceptors (Lipinski definition) is 2. The highest BCUT2D eigenvalue weighted by atomic mass is 32.2. The summed E-state index contributed by atoms with van der Waals surface area (Å²) in [7, 11) is 0.919. The Morgan fingerprint density at radius 2 is 2.00 bits per heavy atom.